The van der Waals surface area contributed by atoms with Gasteiger partial charge in [-0.15, -0.1) is 0 Å². The van der Waals surface area contributed by atoms with Gasteiger partial charge in [0.05, 0.1) is 5.92 Å². The fourth-order valence-corrected chi connectivity index (χ4v) is 1.73. The summed E-state index contributed by atoms with van der Waals surface area (Å²) in [6.45, 7) is 6.26. The van der Waals surface area contributed by atoms with Gasteiger partial charge in [0.1, 0.15) is 0 Å². The Balaban J connectivity index is 3.99. The van der Waals surface area contributed by atoms with Crippen LogP contribution in [0, 0.1) is 11.8 Å². The molecule has 0 heterocycles. The van der Waals surface area contributed by atoms with E-state index in [1.165, 1.54) is 0 Å². The van der Waals surface area contributed by atoms with Gasteiger partial charge >= 0.3 is 5.97 Å². The molecule has 0 saturated carbocycles. The van der Waals surface area contributed by atoms with Crippen LogP contribution in [-0.2, 0) is 4.79 Å². The number of rotatable bonds is 7. The first-order valence-electron chi connectivity index (χ1n) is 5.36. The Hall–Kier alpha value is -0.530. The van der Waals surface area contributed by atoms with E-state index < -0.39 is 5.97 Å². The average molecular weight is 186 g/mol. The normalized spacial score (nSPS) is 15.3. The number of aliphatic carboxylic acids is 1. The zero-order valence-electron chi connectivity index (χ0n) is 9.05. The quantitative estimate of drug-likeness (QED) is 0.662. The highest BCUT2D eigenvalue weighted by Crippen LogP contribution is 2.22. The van der Waals surface area contributed by atoms with Crippen molar-refractivity contribution in [1.29, 1.82) is 0 Å². The number of hydrogen-bond donors (Lipinski definition) is 1. The summed E-state index contributed by atoms with van der Waals surface area (Å²) in [5, 5.41) is 9.00. The van der Waals surface area contributed by atoms with Gasteiger partial charge in [-0.05, 0) is 12.3 Å². The van der Waals surface area contributed by atoms with E-state index in [4.69, 9.17) is 5.11 Å². The Bertz CT molecular complexity index is 143. The second-order valence-corrected chi connectivity index (χ2v) is 3.85. The van der Waals surface area contributed by atoms with E-state index in [1.54, 1.807) is 0 Å². The smallest absolute Gasteiger partial charge is 0.306 e. The fourth-order valence-electron chi connectivity index (χ4n) is 1.73. The molecule has 0 radical (unpaired) electrons. The zero-order chi connectivity index (χ0) is 10.3. The summed E-state index contributed by atoms with van der Waals surface area (Å²) in [7, 11) is 0. The number of carboxylic acid groups (broad SMARTS) is 1. The fraction of sp³-hybridized carbons (Fsp3) is 0.909. The van der Waals surface area contributed by atoms with Crippen LogP contribution < -0.4 is 0 Å². The van der Waals surface area contributed by atoms with Crippen molar-refractivity contribution in [1.82, 2.24) is 0 Å². The minimum Gasteiger partial charge on any atom is -0.481 e. The van der Waals surface area contributed by atoms with Crippen molar-refractivity contribution in [3.8, 4) is 0 Å². The first-order valence-corrected chi connectivity index (χ1v) is 5.36. The lowest BCUT2D eigenvalue weighted by molar-refractivity contribution is -0.143. The molecule has 0 spiro atoms. The van der Waals surface area contributed by atoms with Gasteiger partial charge in [-0.25, -0.2) is 0 Å². The van der Waals surface area contributed by atoms with Crippen LogP contribution in [0.3, 0.4) is 0 Å². The molecule has 0 amide bonds. The third kappa shape index (κ3) is 4.91. The van der Waals surface area contributed by atoms with Crippen molar-refractivity contribution in [2.75, 3.05) is 0 Å². The number of hydrogen-bond acceptors (Lipinski definition) is 1. The molecule has 0 fully saturated rings. The monoisotopic (exact) mass is 186 g/mol. The van der Waals surface area contributed by atoms with Gasteiger partial charge in [-0.3, -0.25) is 4.79 Å². The van der Waals surface area contributed by atoms with Gasteiger partial charge in [0.15, 0.2) is 0 Å². The molecule has 0 aromatic carbocycles. The minimum atomic E-state index is -0.616. The molecule has 0 rings (SSSR count). The molecule has 13 heavy (non-hydrogen) atoms. The summed E-state index contributed by atoms with van der Waals surface area (Å²) in [5.74, 6) is -0.414. The van der Waals surface area contributed by atoms with Crippen LogP contribution in [-0.4, -0.2) is 11.1 Å². The largest absolute Gasteiger partial charge is 0.481 e. The maximum absolute atomic E-state index is 10.9. The maximum Gasteiger partial charge on any atom is 0.306 e. The Morgan fingerprint density at radius 2 is 1.85 bits per heavy atom. The molecule has 0 aliphatic carbocycles. The van der Waals surface area contributed by atoms with Crippen molar-refractivity contribution in [2.24, 2.45) is 11.8 Å². The topological polar surface area (TPSA) is 37.3 Å². The summed E-state index contributed by atoms with van der Waals surface area (Å²) in [4.78, 5) is 10.9. The SMILES string of the molecule is CCCCC(C(=O)O)C(C)CCC. The molecule has 0 aromatic heterocycles. The molecular weight excluding hydrogens is 164 g/mol. The lowest BCUT2D eigenvalue weighted by atomic mass is 9.86. The highest BCUT2D eigenvalue weighted by molar-refractivity contribution is 5.70. The average Bonchev–Trinajstić information content (AvgIpc) is 2.05. The third-order valence-corrected chi connectivity index (χ3v) is 2.62. The maximum atomic E-state index is 10.9. The van der Waals surface area contributed by atoms with Crippen LogP contribution in [0.4, 0.5) is 0 Å². The van der Waals surface area contributed by atoms with Crippen LogP contribution >= 0.6 is 0 Å². The highest BCUT2D eigenvalue weighted by atomic mass is 16.4. The van der Waals surface area contributed by atoms with Crippen LogP contribution in [0.25, 0.3) is 0 Å². The molecular formula is C11H22O2. The molecule has 78 valence electrons. The summed E-state index contributed by atoms with van der Waals surface area (Å²) in [6.07, 6.45) is 5.07. The number of carbonyl (C=O) groups is 1. The van der Waals surface area contributed by atoms with Crippen LogP contribution in [0.1, 0.15) is 52.9 Å². The predicted molar refractivity (Wildman–Crippen MR) is 54.7 cm³/mol. The zero-order valence-corrected chi connectivity index (χ0v) is 9.05. The van der Waals surface area contributed by atoms with Gasteiger partial charge in [0, 0.05) is 0 Å². The molecule has 2 unspecified atom stereocenters. The second kappa shape index (κ2) is 6.93. The molecule has 2 atom stereocenters. The predicted octanol–water partition coefficient (Wildman–Crippen LogP) is 3.31. The molecule has 0 aliphatic heterocycles. The number of unbranched alkanes of at least 4 members (excludes halogenated alkanes) is 1. The van der Waals surface area contributed by atoms with Gasteiger partial charge in [0.2, 0.25) is 0 Å². The van der Waals surface area contributed by atoms with Crippen molar-refractivity contribution >= 4 is 5.97 Å². The van der Waals surface area contributed by atoms with E-state index >= 15 is 0 Å². The van der Waals surface area contributed by atoms with Crippen LogP contribution in [0.5, 0.6) is 0 Å². The molecule has 0 bridgehead atoms. The van der Waals surface area contributed by atoms with E-state index in [2.05, 4.69) is 20.8 Å². The molecule has 0 aliphatic rings. The summed E-state index contributed by atoms with van der Waals surface area (Å²) >= 11 is 0. The number of carboxylic acids is 1. The first-order chi connectivity index (χ1) is 6.13. The van der Waals surface area contributed by atoms with Crippen LogP contribution in [0.2, 0.25) is 0 Å². The summed E-state index contributed by atoms with van der Waals surface area (Å²) in [6, 6.07) is 0. The van der Waals surface area contributed by atoms with Gasteiger partial charge in [-0.2, -0.15) is 0 Å². The van der Waals surface area contributed by atoms with Crippen molar-refractivity contribution < 1.29 is 9.90 Å². The van der Waals surface area contributed by atoms with Gasteiger partial charge < -0.3 is 5.11 Å². The molecule has 0 saturated heterocycles. The first kappa shape index (κ1) is 12.5. The Morgan fingerprint density at radius 3 is 2.23 bits per heavy atom. The van der Waals surface area contributed by atoms with E-state index in [9.17, 15) is 4.79 Å². The van der Waals surface area contributed by atoms with E-state index in [-0.39, 0.29) is 5.92 Å². The van der Waals surface area contributed by atoms with Crippen molar-refractivity contribution in [3.05, 3.63) is 0 Å². The summed E-state index contributed by atoms with van der Waals surface area (Å²) in [5.41, 5.74) is 0. The van der Waals surface area contributed by atoms with Gasteiger partial charge in [-0.1, -0.05) is 46.5 Å². The van der Waals surface area contributed by atoms with Crippen LogP contribution in [0.15, 0.2) is 0 Å². The Kier molecular flexibility index (Phi) is 6.65. The Labute approximate surface area is 81.3 Å². The van der Waals surface area contributed by atoms with Gasteiger partial charge in [0.25, 0.3) is 0 Å². The van der Waals surface area contributed by atoms with E-state index in [0.717, 1.165) is 32.1 Å². The summed E-state index contributed by atoms with van der Waals surface area (Å²) < 4.78 is 0. The minimum absolute atomic E-state index is 0.125. The lowest BCUT2D eigenvalue weighted by Crippen LogP contribution is -2.21. The molecule has 2 heteroatoms. The van der Waals surface area contributed by atoms with Crippen molar-refractivity contribution in [3.63, 3.8) is 0 Å². The third-order valence-electron chi connectivity index (χ3n) is 2.62. The molecule has 2 nitrogen and oxygen atoms in total. The van der Waals surface area contributed by atoms with E-state index in [1.807, 2.05) is 0 Å². The Morgan fingerprint density at radius 1 is 1.23 bits per heavy atom. The highest BCUT2D eigenvalue weighted by Gasteiger charge is 2.22. The molecule has 1 N–H and O–H groups in total. The van der Waals surface area contributed by atoms with Crippen molar-refractivity contribution in [2.45, 2.75) is 52.9 Å². The standard InChI is InChI=1S/C11H22O2/c1-4-6-8-10(11(12)13)9(3)7-5-2/h9-10H,4-8H2,1-3H3,(H,12,13). The lowest BCUT2D eigenvalue weighted by Gasteiger charge is -2.18. The molecule has 0 aromatic rings. The van der Waals surface area contributed by atoms with E-state index in [0.29, 0.717) is 5.92 Å². The second-order valence-electron chi connectivity index (χ2n) is 3.85.